The molecule has 0 spiro atoms. The maximum absolute atomic E-state index is 12.6. The highest BCUT2D eigenvalue weighted by molar-refractivity contribution is 5.89. The summed E-state index contributed by atoms with van der Waals surface area (Å²) in [5, 5.41) is 23.1. The second-order valence-corrected chi connectivity index (χ2v) is 7.71. The van der Waals surface area contributed by atoms with Crippen LogP contribution in [0.3, 0.4) is 0 Å². The van der Waals surface area contributed by atoms with E-state index in [1.54, 1.807) is 26.8 Å². The molecule has 0 bridgehead atoms. The number of hydrogen-bond acceptors (Lipinski definition) is 8. The number of ether oxygens (including phenoxy) is 2. The standard InChI is InChI=1S/C22H27NO7/c1-5-12(10-23-6-2)21(27)29-18-8-14-16(30-22(18,3)4)9-17-19(20(14)26)15(25)7-13(11-24)28-17/h5,7,9,18,23-24,26H,6,8,10-11H2,1-4H3. The Labute approximate surface area is 174 Å². The molecule has 3 rings (SSSR count). The van der Waals surface area contributed by atoms with Crippen LogP contribution < -0.4 is 15.5 Å². The molecule has 1 atom stereocenters. The number of nitrogens with one attached hydrogen (secondary N) is 1. The van der Waals surface area contributed by atoms with Gasteiger partial charge in [-0.1, -0.05) is 13.0 Å². The van der Waals surface area contributed by atoms with Crippen LogP contribution in [0.25, 0.3) is 11.0 Å². The van der Waals surface area contributed by atoms with E-state index in [-0.39, 0.29) is 28.9 Å². The second kappa shape index (κ2) is 8.49. The van der Waals surface area contributed by atoms with Crippen molar-refractivity contribution in [2.45, 2.75) is 52.4 Å². The maximum Gasteiger partial charge on any atom is 0.335 e. The molecular formula is C22H27NO7. The van der Waals surface area contributed by atoms with E-state index in [1.807, 2.05) is 6.92 Å². The highest BCUT2D eigenvalue weighted by Gasteiger charge is 2.42. The van der Waals surface area contributed by atoms with E-state index in [2.05, 4.69) is 5.32 Å². The van der Waals surface area contributed by atoms with E-state index >= 15 is 0 Å². The van der Waals surface area contributed by atoms with Crippen molar-refractivity contribution in [1.82, 2.24) is 5.32 Å². The summed E-state index contributed by atoms with van der Waals surface area (Å²) in [5.74, 6) is -0.296. The summed E-state index contributed by atoms with van der Waals surface area (Å²) in [4.78, 5) is 25.0. The molecular weight excluding hydrogens is 390 g/mol. The van der Waals surface area contributed by atoms with E-state index < -0.39 is 29.7 Å². The molecule has 1 aromatic heterocycles. The summed E-state index contributed by atoms with van der Waals surface area (Å²) < 4.78 is 17.3. The highest BCUT2D eigenvalue weighted by Crippen LogP contribution is 2.42. The molecule has 162 valence electrons. The molecule has 0 amide bonds. The molecule has 2 heterocycles. The summed E-state index contributed by atoms with van der Waals surface area (Å²) in [6, 6.07) is 2.66. The number of hydrogen-bond donors (Lipinski definition) is 3. The fourth-order valence-electron chi connectivity index (χ4n) is 3.46. The van der Waals surface area contributed by atoms with Gasteiger partial charge in [-0.15, -0.1) is 0 Å². The number of rotatable bonds is 6. The zero-order chi connectivity index (χ0) is 22.1. The first kappa shape index (κ1) is 21.9. The fourth-order valence-corrected chi connectivity index (χ4v) is 3.46. The number of phenolic OH excluding ortho intramolecular Hbond substituents is 1. The second-order valence-electron chi connectivity index (χ2n) is 7.71. The van der Waals surface area contributed by atoms with Gasteiger partial charge >= 0.3 is 5.97 Å². The molecule has 0 radical (unpaired) electrons. The quantitative estimate of drug-likeness (QED) is 0.483. The Balaban J connectivity index is 1.98. The average Bonchev–Trinajstić information content (AvgIpc) is 2.68. The van der Waals surface area contributed by atoms with Gasteiger partial charge in [0.05, 0.1) is 0 Å². The molecule has 8 nitrogen and oxygen atoms in total. The molecule has 0 fully saturated rings. The molecule has 30 heavy (non-hydrogen) atoms. The minimum Gasteiger partial charge on any atom is -0.507 e. The van der Waals surface area contributed by atoms with Crippen LogP contribution >= 0.6 is 0 Å². The molecule has 1 aromatic carbocycles. The number of carbonyl (C=O) groups is 1. The third kappa shape index (κ3) is 4.06. The fraction of sp³-hybridized carbons (Fsp3) is 0.455. The minimum atomic E-state index is -0.880. The number of allylic oxidation sites excluding steroid dienone is 1. The van der Waals surface area contributed by atoms with Gasteiger partial charge in [-0.05, 0) is 27.3 Å². The van der Waals surface area contributed by atoms with Crippen molar-refractivity contribution >= 4 is 16.9 Å². The van der Waals surface area contributed by atoms with Gasteiger partial charge in [0.25, 0.3) is 0 Å². The lowest BCUT2D eigenvalue weighted by atomic mass is 9.89. The number of aliphatic hydroxyl groups excluding tert-OH is 1. The third-order valence-electron chi connectivity index (χ3n) is 5.23. The van der Waals surface area contributed by atoms with Crippen molar-refractivity contribution < 1.29 is 28.9 Å². The summed E-state index contributed by atoms with van der Waals surface area (Å²) in [5.41, 5.74) is -0.359. The number of fused-ring (bicyclic) bond motifs is 2. The van der Waals surface area contributed by atoms with E-state index in [1.165, 1.54) is 6.07 Å². The first-order valence-electron chi connectivity index (χ1n) is 9.90. The van der Waals surface area contributed by atoms with E-state index in [0.717, 1.165) is 12.6 Å². The van der Waals surface area contributed by atoms with Crippen molar-refractivity contribution in [1.29, 1.82) is 0 Å². The number of aliphatic hydroxyl groups is 1. The zero-order valence-corrected chi connectivity index (χ0v) is 17.6. The van der Waals surface area contributed by atoms with Crippen molar-refractivity contribution in [3.05, 3.63) is 45.3 Å². The van der Waals surface area contributed by atoms with Gasteiger partial charge in [-0.3, -0.25) is 4.79 Å². The Morgan fingerprint density at radius 2 is 2.13 bits per heavy atom. The lowest BCUT2D eigenvalue weighted by Crippen LogP contribution is -2.49. The topological polar surface area (TPSA) is 118 Å². The maximum atomic E-state index is 12.6. The van der Waals surface area contributed by atoms with Crippen LogP contribution in [0.1, 0.15) is 39.0 Å². The van der Waals surface area contributed by atoms with Crippen LogP contribution in [0.2, 0.25) is 0 Å². The van der Waals surface area contributed by atoms with Gasteiger partial charge in [-0.2, -0.15) is 0 Å². The summed E-state index contributed by atoms with van der Waals surface area (Å²) in [7, 11) is 0. The van der Waals surface area contributed by atoms with Crippen molar-refractivity contribution in [2.75, 3.05) is 13.1 Å². The molecule has 1 aliphatic heterocycles. The Hall–Kier alpha value is -2.84. The van der Waals surface area contributed by atoms with Crippen LogP contribution in [-0.2, 0) is 22.6 Å². The number of benzene rings is 1. The Kier molecular flexibility index (Phi) is 6.19. The summed E-state index contributed by atoms with van der Waals surface area (Å²) >= 11 is 0. The third-order valence-corrected chi connectivity index (χ3v) is 5.23. The first-order valence-corrected chi connectivity index (χ1v) is 9.90. The Morgan fingerprint density at radius 3 is 2.77 bits per heavy atom. The summed E-state index contributed by atoms with van der Waals surface area (Å²) in [6.45, 7) is 7.96. The van der Waals surface area contributed by atoms with Crippen molar-refractivity contribution in [3.63, 3.8) is 0 Å². The molecule has 1 unspecified atom stereocenters. The largest absolute Gasteiger partial charge is 0.507 e. The van der Waals surface area contributed by atoms with Gasteiger partial charge in [0.15, 0.2) is 5.43 Å². The molecule has 2 aromatic rings. The SMILES string of the molecule is CC=C(CNCC)C(=O)OC1Cc2c(cc3oc(CO)cc(=O)c3c2O)OC1(C)C. The molecule has 8 heteroatoms. The number of esters is 1. The predicted octanol–water partition coefficient (Wildman–Crippen LogP) is 2.17. The normalized spacial score (nSPS) is 18.0. The Morgan fingerprint density at radius 1 is 1.40 bits per heavy atom. The van der Waals surface area contributed by atoms with Gasteiger partial charge in [-0.25, -0.2) is 4.79 Å². The molecule has 0 saturated heterocycles. The predicted molar refractivity (Wildman–Crippen MR) is 111 cm³/mol. The lowest BCUT2D eigenvalue weighted by Gasteiger charge is -2.39. The van der Waals surface area contributed by atoms with Crippen molar-refractivity contribution in [2.24, 2.45) is 0 Å². The van der Waals surface area contributed by atoms with Crippen LogP contribution in [0, 0.1) is 0 Å². The van der Waals surface area contributed by atoms with Crippen LogP contribution in [0.4, 0.5) is 0 Å². The van der Waals surface area contributed by atoms with Gasteiger partial charge < -0.3 is 29.4 Å². The van der Waals surface area contributed by atoms with Crippen LogP contribution in [-0.4, -0.2) is 41.0 Å². The van der Waals surface area contributed by atoms with Crippen LogP contribution in [0.5, 0.6) is 11.5 Å². The van der Waals surface area contributed by atoms with E-state index in [9.17, 15) is 19.8 Å². The number of carbonyl (C=O) groups excluding carboxylic acids is 1. The number of aromatic hydroxyl groups is 1. The summed E-state index contributed by atoms with van der Waals surface area (Å²) in [6.07, 6.45) is 1.20. The van der Waals surface area contributed by atoms with Crippen LogP contribution in [0.15, 0.2) is 33.0 Å². The molecule has 3 N–H and O–H groups in total. The van der Waals surface area contributed by atoms with Gasteiger partial charge in [0.1, 0.15) is 46.5 Å². The molecule has 0 saturated carbocycles. The Bertz CT molecular complexity index is 1050. The van der Waals surface area contributed by atoms with Gasteiger partial charge in [0.2, 0.25) is 0 Å². The number of phenols is 1. The minimum absolute atomic E-state index is 0.000575. The van der Waals surface area contributed by atoms with Crippen molar-refractivity contribution in [3.8, 4) is 11.5 Å². The van der Waals surface area contributed by atoms with Gasteiger partial charge in [0, 0.05) is 36.2 Å². The zero-order valence-electron chi connectivity index (χ0n) is 17.6. The molecule has 1 aliphatic rings. The number of likely N-dealkylation sites (N-methyl/N-ethyl adjacent to an activating group) is 1. The first-order chi connectivity index (χ1) is 14.2. The van der Waals surface area contributed by atoms with E-state index in [0.29, 0.717) is 23.4 Å². The highest BCUT2D eigenvalue weighted by atomic mass is 16.6. The smallest absolute Gasteiger partial charge is 0.335 e. The molecule has 0 aliphatic carbocycles. The monoisotopic (exact) mass is 417 g/mol. The average molecular weight is 417 g/mol. The lowest BCUT2D eigenvalue weighted by molar-refractivity contribution is -0.156. The van der Waals surface area contributed by atoms with E-state index in [4.69, 9.17) is 13.9 Å².